The van der Waals surface area contributed by atoms with Crippen LogP contribution < -0.4 is 5.32 Å². The van der Waals surface area contributed by atoms with Crippen molar-refractivity contribution in [2.45, 2.75) is 26.1 Å². The Balaban J connectivity index is 1.95. The van der Waals surface area contributed by atoms with Gasteiger partial charge in [-0.2, -0.15) is 0 Å². The van der Waals surface area contributed by atoms with Gasteiger partial charge in [0, 0.05) is 29.7 Å². The highest BCUT2D eigenvalue weighted by Gasteiger charge is 2.09. The first-order valence-electron chi connectivity index (χ1n) is 6.85. The predicted molar refractivity (Wildman–Crippen MR) is 88.9 cm³/mol. The van der Waals surface area contributed by atoms with Crippen molar-refractivity contribution in [2.75, 3.05) is 7.11 Å². The molecule has 0 fully saturated rings. The largest absolute Gasteiger partial charge is 0.380 e. The van der Waals surface area contributed by atoms with Crippen molar-refractivity contribution in [3.05, 3.63) is 69.2 Å². The highest BCUT2D eigenvalue weighted by Crippen LogP contribution is 2.26. The SMILES string of the molecule is COCc1ccc(CNC(C)c2ccc(Cl)cc2Cl)cc1. The third-order valence-corrected chi connectivity index (χ3v) is 3.94. The summed E-state index contributed by atoms with van der Waals surface area (Å²) in [5, 5.41) is 4.82. The van der Waals surface area contributed by atoms with Gasteiger partial charge in [0.05, 0.1) is 6.61 Å². The normalized spacial score (nSPS) is 12.4. The first-order valence-corrected chi connectivity index (χ1v) is 7.61. The van der Waals surface area contributed by atoms with E-state index < -0.39 is 0 Å². The smallest absolute Gasteiger partial charge is 0.0713 e. The van der Waals surface area contributed by atoms with Crippen LogP contribution in [0.15, 0.2) is 42.5 Å². The number of benzene rings is 2. The molecule has 112 valence electrons. The summed E-state index contributed by atoms with van der Waals surface area (Å²) in [5.41, 5.74) is 3.46. The van der Waals surface area contributed by atoms with Crippen LogP contribution in [-0.4, -0.2) is 7.11 Å². The number of halogens is 2. The van der Waals surface area contributed by atoms with E-state index in [4.69, 9.17) is 27.9 Å². The van der Waals surface area contributed by atoms with E-state index in [0.717, 1.165) is 12.1 Å². The van der Waals surface area contributed by atoms with Gasteiger partial charge in [-0.15, -0.1) is 0 Å². The fraction of sp³-hybridized carbons (Fsp3) is 0.294. The minimum Gasteiger partial charge on any atom is -0.380 e. The highest BCUT2D eigenvalue weighted by molar-refractivity contribution is 6.35. The zero-order valence-corrected chi connectivity index (χ0v) is 13.7. The Morgan fingerprint density at radius 1 is 1.05 bits per heavy atom. The molecule has 1 N–H and O–H groups in total. The molecule has 0 bridgehead atoms. The Bertz CT molecular complexity index is 584. The maximum absolute atomic E-state index is 6.22. The van der Waals surface area contributed by atoms with Gasteiger partial charge in [0.25, 0.3) is 0 Å². The molecule has 1 atom stereocenters. The van der Waals surface area contributed by atoms with Gasteiger partial charge < -0.3 is 10.1 Å². The minimum absolute atomic E-state index is 0.161. The predicted octanol–water partition coefficient (Wildman–Crippen LogP) is 4.99. The topological polar surface area (TPSA) is 21.3 Å². The molecule has 1 unspecified atom stereocenters. The van der Waals surface area contributed by atoms with Gasteiger partial charge >= 0.3 is 0 Å². The summed E-state index contributed by atoms with van der Waals surface area (Å²) in [5.74, 6) is 0. The van der Waals surface area contributed by atoms with E-state index in [1.54, 1.807) is 13.2 Å². The van der Waals surface area contributed by atoms with E-state index >= 15 is 0 Å². The van der Waals surface area contributed by atoms with E-state index in [-0.39, 0.29) is 6.04 Å². The van der Waals surface area contributed by atoms with Crippen molar-refractivity contribution in [2.24, 2.45) is 0 Å². The fourth-order valence-electron chi connectivity index (χ4n) is 2.15. The van der Waals surface area contributed by atoms with Gasteiger partial charge in [0.2, 0.25) is 0 Å². The van der Waals surface area contributed by atoms with Crippen molar-refractivity contribution in [1.29, 1.82) is 0 Å². The zero-order valence-electron chi connectivity index (χ0n) is 12.2. The lowest BCUT2D eigenvalue weighted by molar-refractivity contribution is 0.185. The lowest BCUT2D eigenvalue weighted by atomic mass is 10.1. The molecule has 0 saturated carbocycles. The first-order chi connectivity index (χ1) is 10.1. The molecule has 2 nitrogen and oxygen atoms in total. The molecular weight excluding hydrogens is 305 g/mol. The average molecular weight is 324 g/mol. The molecule has 0 radical (unpaired) electrons. The van der Waals surface area contributed by atoms with Crippen LogP contribution in [0.2, 0.25) is 10.0 Å². The maximum atomic E-state index is 6.22. The maximum Gasteiger partial charge on any atom is 0.0713 e. The Kier molecular flexibility index (Phi) is 6.07. The number of hydrogen-bond acceptors (Lipinski definition) is 2. The van der Waals surface area contributed by atoms with Gasteiger partial charge in [-0.1, -0.05) is 53.5 Å². The van der Waals surface area contributed by atoms with Crippen molar-refractivity contribution in [1.82, 2.24) is 5.32 Å². The fourth-order valence-corrected chi connectivity index (χ4v) is 2.73. The highest BCUT2D eigenvalue weighted by atomic mass is 35.5. The lowest BCUT2D eigenvalue weighted by Gasteiger charge is -2.16. The molecule has 2 rings (SSSR count). The summed E-state index contributed by atoms with van der Waals surface area (Å²) in [7, 11) is 1.70. The van der Waals surface area contributed by atoms with Crippen molar-refractivity contribution < 1.29 is 4.74 Å². The van der Waals surface area contributed by atoms with Crippen LogP contribution >= 0.6 is 23.2 Å². The van der Waals surface area contributed by atoms with Gasteiger partial charge in [0.15, 0.2) is 0 Å². The molecule has 0 spiro atoms. The van der Waals surface area contributed by atoms with Gasteiger partial charge in [-0.05, 0) is 35.7 Å². The Hall–Kier alpha value is -1.06. The van der Waals surface area contributed by atoms with Crippen LogP contribution in [0.4, 0.5) is 0 Å². The summed E-state index contributed by atoms with van der Waals surface area (Å²) in [6.07, 6.45) is 0. The molecule has 21 heavy (non-hydrogen) atoms. The summed E-state index contributed by atoms with van der Waals surface area (Å²) in [6.45, 7) is 3.52. The number of rotatable bonds is 6. The van der Waals surface area contributed by atoms with Crippen LogP contribution in [0.1, 0.15) is 29.7 Å². The second-order valence-corrected chi connectivity index (χ2v) is 5.86. The van der Waals surface area contributed by atoms with E-state index in [1.165, 1.54) is 11.1 Å². The second-order valence-electron chi connectivity index (χ2n) is 5.02. The molecule has 0 aliphatic rings. The lowest BCUT2D eigenvalue weighted by Crippen LogP contribution is -2.18. The molecule has 0 saturated heterocycles. The van der Waals surface area contributed by atoms with Crippen molar-refractivity contribution in [3.8, 4) is 0 Å². The molecule has 0 aliphatic heterocycles. The van der Waals surface area contributed by atoms with Gasteiger partial charge in [-0.25, -0.2) is 0 Å². The van der Waals surface area contributed by atoms with E-state index in [2.05, 4.69) is 36.5 Å². The van der Waals surface area contributed by atoms with Gasteiger partial charge in [-0.3, -0.25) is 0 Å². The minimum atomic E-state index is 0.161. The summed E-state index contributed by atoms with van der Waals surface area (Å²) in [4.78, 5) is 0. The van der Waals surface area contributed by atoms with Crippen LogP contribution in [0.5, 0.6) is 0 Å². The molecule has 0 heterocycles. The quantitative estimate of drug-likeness (QED) is 0.808. The average Bonchev–Trinajstić information content (AvgIpc) is 2.46. The Morgan fingerprint density at radius 2 is 1.71 bits per heavy atom. The van der Waals surface area contributed by atoms with Crippen molar-refractivity contribution >= 4 is 23.2 Å². The molecule has 2 aromatic rings. The molecular formula is C17H19Cl2NO. The zero-order chi connectivity index (χ0) is 15.2. The number of ether oxygens (including phenoxy) is 1. The molecule has 0 amide bonds. The van der Waals surface area contributed by atoms with Crippen LogP contribution in [0, 0.1) is 0 Å². The standard InChI is InChI=1S/C17H19Cl2NO/c1-12(16-8-7-15(18)9-17(16)19)20-10-13-3-5-14(6-4-13)11-21-2/h3-9,12,20H,10-11H2,1-2H3. The van der Waals surface area contributed by atoms with E-state index in [0.29, 0.717) is 16.7 Å². The van der Waals surface area contributed by atoms with Gasteiger partial charge in [0.1, 0.15) is 0 Å². The van der Waals surface area contributed by atoms with Crippen LogP contribution in [-0.2, 0) is 17.9 Å². The summed E-state index contributed by atoms with van der Waals surface area (Å²) >= 11 is 12.1. The van der Waals surface area contributed by atoms with E-state index in [1.807, 2.05) is 12.1 Å². The summed E-state index contributed by atoms with van der Waals surface area (Å²) < 4.78 is 5.11. The van der Waals surface area contributed by atoms with Crippen LogP contribution in [0.3, 0.4) is 0 Å². The monoisotopic (exact) mass is 323 g/mol. The third kappa shape index (κ3) is 4.72. The third-order valence-electron chi connectivity index (χ3n) is 3.38. The second kappa shape index (κ2) is 7.81. The number of nitrogens with one attached hydrogen (secondary N) is 1. The molecule has 4 heteroatoms. The van der Waals surface area contributed by atoms with E-state index in [9.17, 15) is 0 Å². The Morgan fingerprint density at radius 3 is 2.33 bits per heavy atom. The Labute approximate surface area is 136 Å². The number of hydrogen-bond donors (Lipinski definition) is 1. The number of methoxy groups -OCH3 is 1. The molecule has 0 aromatic heterocycles. The molecule has 0 aliphatic carbocycles. The first kappa shape index (κ1) is 16.3. The van der Waals surface area contributed by atoms with Crippen LogP contribution in [0.25, 0.3) is 0 Å². The summed E-state index contributed by atoms with van der Waals surface area (Å²) in [6, 6.07) is 14.1. The van der Waals surface area contributed by atoms with Crippen molar-refractivity contribution in [3.63, 3.8) is 0 Å². The molecule has 2 aromatic carbocycles.